The highest BCUT2D eigenvalue weighted by atomic mass is 32.3. The van der Waals surface area contributed by atoms with E-state index in [2.05, 4.69) is 109 Å². The summed E-state index contributed by atoms with van der Waals surface area (Å²) in [5, 5.41) is 10.7. The summed E-state index contributed by atoms with van der Waals surface area (Å²) in [5.41, 5.74) is 6.61. The molecule has 4 heteroatoms. The summed E-state index contributed by atoms with van der Waals surface area (Å²) in [6.07, 6.45) is 0. The van der Waals surface area contributed by atoms with Gasteiger partial charge in [-0.15, -0.1) is 0 Å². The van der Waals surface area contributed by atoms with Gasteiger partial charge in [0, 0.05) is 14.7 Å². The standard InChI is InChI=1S/C43H32O3S/c44-42-19-11-10-18-41(42)43(45)46-47(38-26-20-35(21-27-38)32-12-4-1-5-13-32,39-28-22-36(23-29-39)33-14-6-2-7-15-33)40-30-24-37(25-31-40)34-16-8-3-9-17-34/h1-31,44H. The maximum atomic E-state index is 14.1. The second-order valence-corrected chi connectivity index (χ2v) is 13.8. The third kappa shape index (κ3) is 6.07. The van der Waals surface area contributed by atoms with Crippen molar-refractivity contribution in [2.24, 2.45) is 0 Å². The minimum atomic E-state index is -2.65. The van der Waals surface area contributed by atoms with Crippen LogP contribution in [0.1, 0.15) is 10.4 Å². The zero-order valence-electron chi connectivity index (χ0n) is 25.6. The molecule has 3 nitrogen and oxygen atoms in total. The second kappa shape index (κ2) is 13.3. The molecule has 0 aromatic heterocycles. The number of aromatic hydroxyl groups is 1. The van der Waals surface area contributed by atoms with Crippen molar-refractivity contribution in [3.8, 4) is 39.1 Å². The molecule has 1 N–H and O–H groups in total. The van der Waals surface area contributed by atoms with E-state index >= 15 is 0 Å². The smallest absolute Gasteiger partial charge is 0.353 e. The van der Waals surface area contributed by atoms with E-state index in [0.717, 1.165) is 48.1 Å². The first kappa shape index (κ1) is 29.8. The van der Waals surface area contributed by atoms with E-state index in [4.69, 9.17) is 4.18 Å². The molecule has 0 atom stereocenters. The van der Waals surface area contributed by atoms with Gasteiger partial charge in [-0.1, -0.05) is 140 Å². The van der Waals surface area contributed by atoms with E-state index in [1.807, 2.05) is 54.6 Å². The molecule has 0 aliphatic rings. The molecular formula is C43H32O3S. The molecule has 0 aliphatic carbocycles. The van der Waals surface area contributed by atoms with Crippen molar-refractivity contribution in [2.45, 2.75) is 14.7 Å². The highest BCUT2D eigenvalue weighted by Crippen LogP contribution is 2.69. The lowest BCUT2D eigenvalue weighted by Crippen LogP contribution is -2.14. The van der Waals surface area contributed by atoms with Crippen molar-refractivity contribution >= 4 is 16.3 Å². The molecule has 0 saturated heterocycles. The Morgan fingerprint density at radius 2 is 0.681 bits per heavy atom. The highest BCUT2D eigenvalue weighted by Gasteiger charge is 2.37. The van der Waals surface area contributed by atoms with Crippen LogP contribution in [-0.2, 0) is 4.18 Å². The Hall–Kier alpha value is -5.84. The van der Waals surface area contributed by atoms with E-state index in [0.29, 0.717) is 0 Å². The fraction of sp³-hybridized carbons (Fsp3) is 0. The van der Waals surface area contributed by atoms with E-state index in [-0.39, 0.29) is 11.3 Å². The molecule has 228 valence electrons. The summed E-state index contributed by atoms with van der Waals surface area (Å²) < 4.78 is 6.78. The maximum Gasteiger partial charge on any atom is 0.353 e. The molecule has 0 amide bonds. The SMILES string of the molecule is O=C(OS(c1ccc(-c2ccccc2)cc1)(c1ccc(-c2ccccc2)cc1)c1ccc(-c2ccccc2)cc1)c1ccccc1O. The van der Waals surface area contributed by atoms with Crippen LogP contribution in [0.5, 0.6) is 5.75 Å². The lowest BCUT2D eigenvalue weighted by Gasteiger charge is -2.40. The molecule has 7 rings (SSSR count). The quantitative estimate of drug-likeness (QED) is 0.182. The molecule has 0 radical (unpaired) electrons. The van der Waals surface area contributed by atoms with Gasteiger partial charge in [-0.2, -0.15) is 0 Å². The van der Waals surface area contributed by atoms with Crippen LogP contribution in [0.25, 0.3) is 33.4 Å². The monoisotopic (exact) mass is 628 g/mol. The number of para-hydroxylation sites is 1. The van der Waals surface area contributed by atoms with Crippen molar-refractivity contribution < 1.29 is 14.1 Å². The number of carbonyl (C=O) groups is 1. The number of rotatable bonds is 8. The molecule has 0 saturated carbocycles. The minimum Gasteiger partial charge on any atom is -0.507 e. The van der Waals surface area contributed by atoms with E-state index in [1.54, 1.807) is 18.2 Å². The summed E-state index contributed by atoms with van der Waals surface area (Å²) in [6, 6.07) is 62.0. The molecule has 0 spiro atoms. The largest absolute Gasteiger partial charge is 0.507 e. The fourth-order valence-electron chi connectivity index (χ4n) is 5.77. The zero-order valence-corrected chi connectivity index (χ0v) is 26.4. The van der Waals surface area contributed by atoms with Crippen LogP contribution >= 0.6 is 10.3 Å². The number of hydrogen-bond donors (Lipinski definition) is 1. The molecule has 0 unspecified atom stereocenters. The average Bonchev–Trinajstić information content (AvgIpc) is 3.15. The number of hydrogen-bond acceptors (Lipinski definition) is 3. The second-order valence-electron chi connectivity index (χ2n) is 11.1. The van der Waals surface area contributed by atoms with E-state index < -0.39 is 16.3 Å². The van der Waals surface area contributed by atoms with Crippen molar-refractivity contribution in [3.63, 3.8) is 0 Å². The van der Waals surface area contributed by atoms with Gasteiger partial charge in [-0.3, -0.25) is 0 Å². The van der Waals surface area contributed by atoms with Crippen molar-refractivity contribution in [3.05, 3.63) is 194 Å². The Labute approximate surface area is 276 Å². The Morgan fingerprint density at radius 1 is 0.383 bits per heavy atom. The Morgan fingerprint density at radius 3 is 1.02 bits per heavy atom. The Balaban J connectivity index is 1.43. The third-order valence-electron chi connectivity index (χ3n) is 8.20. The molecule has 0 bridgehead atoms. The molecule has 47 heavy (non-hydrogen) atoms. The summed E-state index contributed by atoms with van der Waals surface area (Å²) in [7, 11) is -2.65. The zero-order chi connectivity index (χ0) is 32.1. The van der Waals surface area contributed by atoms with Crippen LogP contribution < -0.4 is 0 Å². The summed E-state index contributed by atoms with van der Waals surface area (Å²) in [6.45, 7) is 0. The Kier molecular flexibility index (Phi) is 8.42. The van der Waals surface area contributed by atoms with Gasteiger partial charge in [0.05, 0.1) is 0 Å². The van der Waals surface area contributed by atoms with Crippen LogP contribution in [0.4, 0.5) is 0 Å². The first-order chi connectivity index (χ1) is 23.1. The van der Waals surface area contributed by atoms with Crippen LogP contribution in [0.15, 0.2) is 203 Å². The molecule has 0 aliphatic heterocycles. The van der Waals surface area contributed by atoms with Gasteiger partial charge < -0.3 is 9.29 Å². The number of phenols is 1. The molecule has 0 heterocycles. The average molecular weight is 629 g/mol. The van der Waals surface area contributed by atoms with Crippen LogP contribution in [0, 0.1) is 0 Å². The molecule has 7 aromatic rings. The first-order valence-corrected chi connectivity index (χ1v) is 17.0. The van der Waals surface area contributed by atoms with Gasteiger partial charge in [0.25, 0.3) is 0 Å². The minimum absolute atomic E-state index is 0.118. The normalized spacial score (nSPS) is 11.5. The molecule has 0 fully saturated rings. The maximum absolute atomic E-state index is 14.1. The number of carbonyl (C=O) groups excluding carboxylic acids is 1. The summed E-state index contributed by atoms with van der Waals surface area (Å²) >= 11 is 0. The third-order valence-corrected chi connectivity index (χ3v) is 11.4. The topological polar surface area (TPSA) is 46.5 Å². The van der Waals surface area contributed by atoms with Crippen LogP contribution in [-0.4, -0.2) is 11.1 Å². The van der Waals surface area contributed by atoms with Gasteiger partial charge in [0.1, 0.15) is 11.3 Å². The summed E-state index contributed by atoms with van der Waals surface area (Å²) in [4.78, 5) is 16.7. The van der Waals surface area contributed by atoms with Crippen molar-refractivity contribution in [1.82, 2.24) is 0 Å². The predicted octanol–water partition coefficient (Wildman–Crippen LogP) is 11.4. The molecular weight excluding hydrogens is 597 g/mol. The van der Waals surface area contributed by atoms with Crippen LogP contribution in [0.3, 0.4) is 0 Å². The molecule has 7 aromatic carbocycles. The van der Waals surface area contributed by atoms with Crippen molar-refractivity contribution in [1.29, 1.82) is 0 Å². The Bertz CT molecular complexity index is 1890. The first-order valence-electron chi connectivity index (χ1n) is 15.4. The van der Waals surface area contributed by atoms with Crippen molar-refractivity contribution in [2.75, 3.05) is 0 Å². The predicted molar refractivity (Wildman–Crippen MR) is 192 cm³/mol. The van der Waals surface area contributed by atoms with Gasteiger partial charge in [-0.05, 0) is 92.2 Å². The number of benzene rings is 7. The van der Waals surface area contributed by atoms with E-state index in [9.17, 15) is 9.90 Å². The van der Waals surface area contributed by atoms with Gasteiger partial charge in [-0.25, -0.2) is 4.79 Å². The lowest BCUT2D eigenvalue weighted by molar-refractivity contribution is 0.0754. The highest BCUT2D eigenvalue weighted by molar-refractivity contribution is 8.30. The van der Waals surface area contributed by atoms with Gasteiger partial charge >= 0.3 is 5.97 Å². The fourth-order valence-corrected chi connectivity index (χ4v) is 8.75. The van der Waals surface area contributed by atoms with Crippen LogP contribution in [0.2, 0.25) is 0 Å². The van der Waals surface area contributed by atoms with Gasteiger partial charge in [0.15, 0.2) is 0 Å². The summed E-state index contributed by atoms with van der Waals surface area (Å²) in [5.74, 6) is -0.714. The number of phenolic OH excluding ortho intramolecular Hbond substituents is 1. The van der Waals surface area contributed by atoms with Gasteiger partial charge in [0.2, 0.25) is 0 Å². The van der Waals surface area contributed by atoms with E-state index in [1.165, 1.54) is 6.07 Å². The lowest BCUT2D eigenvalue weighted by atomic mass is 10.1.